The lowest BCUT2D eigenvalue weighted by molar-refractivity contribution is 0.0697. The average molecular weight is 473 g/mol. The number of carbonyl (C=O) groups is 1. The molecule has 184 valence electrons. The molecule has 3 aromatic rings. The first-order valence-electron chi connectivity index (χ1n) is 12.0. The van der Waals surface area contributed by atoms with Gasteiger partial charge in [-0.15, -0.1) is 0 Å². The lowest BCUT2D eigenvalue weighted by atomic mass is 9.82. The van der Waals surface area contributed by atoms with Gasteiger partial charge in [-0.05, 0) is 59.2 Å². The van der Waals surface area contributed by atoms with Crippen LogP contribution in [0, 0.1) is 12.8 Å². The smallest absolute Gasteiger partial charge is 0.335 e. The summed E-state index contributed by atoms with van der Waals surface area (Å²) in [5.74, 6) is 0.285. The second kappa shape index (κ2) is 10.9. The van der Waals surface area contributed by atoms with Gasteiger partial charge in [0.25, 0.3) is 0 Å². The normalized spacial score (nSPS) is 12.8. The molecule has 1 atom stereocenters. The number of hydrogen-bond acceptors (Lipinski definition) is 3. The fraction of sp³-hybridized carbons (Fsp3) is 0.323. The maximum Gasteiger partial charge on any atom is 0.335 e. The zero-order chi connectivity index (χ0) is 25.8. The van der Waals surface area contributed by atoms with E-state index in [4.69, 9.17) is 9.84 Å². The Kier molecular flexibility index (Phi) is 8.18. The van der Waals surface area contributed by atoms with Crippen molar-refractivity contribution in [2.24, 2.45) is 5.92 Å². The molecule has 0 amide bonds. The van der Waals surface area contributed by atoms with Crippen LogP contribution in [0.25, 0.3) is 17.2 Å². The van der Waals surface area contributed by atoms with E-state index in [0.717, 1.165) is 33.6 Å². The van der Waals surface area contributed by atoms with Crippen LogP contribution in [0.4, 0.5) is 0 Å². The van der Waals surface area contributed by atoms with Crippen molar-refractivity contribution in [1.29, 1.82) is 0 Å². The third kappa shape index (κ3) is 6.83. The number of benzene rings is 3. The third-order valence-electron chi connectivity index (χ3n) is 5.81. The lowest BCUT2D eigenvalue weighted by Gasteiger charge is -2.27. The Morgan fingerprint density at radius 1 is 1.00 bits per heavy atom. The van der Waals surface area contributed by atoms with Gasteiger partial charge in [-0.25, -0.2) is 4.79 Å². The maximum atomic E-state index is 11.1. The fourth-order valence-electron chi connectivity index (χ4n) is 3.78. The molecule has 0 bridgehead atoms. The van der Waals surface area contributed by atoms with Crippen molar-refractivity contribution in [1.82, 2.24) is 0 Å². The summed E-state index contributed by atoms with van der Waals surface area (Å²) in [7, 11) is 0. The van der Waals surface area contributed by atoms with Gasteiger partial charge in [-0.3, -0.25) is 0 Å². The van der Waals surface area contributed by atoms with Crippen LogP contribution in [0.5, 0.6) is 5.75 Å². The van der Waals surface area contributed by atoms with Gasteiger partial charge in [0.05, 0.1) is 18.3 Å². The minimum absolute atomic E-state index is 0.197. The van der Waals surface area contributed by atoms with Crippen molar-refractivity contribution in [3.05, 3.63) is 94.6 Å². The number of aliphatic hydroxyl groups is 1. The van der Waals surface area contributed by atoms with Crippen LogP contribution in [0.3, 0.4) is 0 Å². The lowest BCUT2D eigenvalue weighted by Crippen LogP contribution is -2.17. The number of ether oxygens (including phenoxy) is 1. The largest absolute Gasteiger partial charge is 0.492 e. The summed E-state index contributed by atoms with van der Waals surface area (Å²) in [6.45, 7) is 13.4. The second-order valence-electron chi connectivity index (χ2n) is 10.5. The van der Waals surface area contributed by atoms with E-state index in [2.05, 4.69) is 65.8 Å². The van der Waals surface area contributed by atoms with E-state index >= 15 is 0 Å². The summed E-state index contributed by atoms with van der Waals surface area (Å²) < 4.78 is 6.39. The van der Waals surface area contributed by atoms with Crippen molar-refractivity contribution >= 4 is 12.0 Å². The molecule has 4 heteroatoms. The summed E-state index contributed by atoms with van der Waals surface area (Å²) >= 11 is 0. The standard InChI is InChI=1S/C31H36O4/c1-20(2)19-35-29-26(23-12-7-21(3)8-13-23)17-25(18-27(29)31(4,5)6)28(32)16-11-22-9-14-24(15-10-22)30(33)34/h7-18,20,28,32H,19H2,1-6H3,(H,33,34)/b16-11-. The molecule has 0 aliphatic heterocycles. The number of aryl methyl sites for hydroxylation is 1. The first-order chi connectivity index (χ1) is 16.5. The van der Waals surface area contributed by atoms with Crippen LogP contribution < -0.4 is 4.74 Å². The van der Waals surface area contributed by atoms with Gasteiger partial charge in [0, 0.05) is 11.1 Å². The Labute approximate surface area is 208 Å². The first kappa shape index (κ1) is 26.2. The van der Waals surface area contributed by atoms with Crippen LogP contribution in [0.2, 0.25) is 0 Å². The summed E-state index contributed by atoms with van der Waals surface area (Å²) in [6.07, 6.45) is 2.70. The van der Waals surface area contributed by atoms with Crippen LogP contribution in [0.15, 0.2) is 66.7 Å². The molecule has 35 heavy (non-hydrogen) atoms. The molecule has 0 radical (unpaired) electrons. The van der Waals surface area contributed by atoms with E-state index in [1.54, 1.807) is 30.3 Å². The van der Waals surface area contributed by atoms with Crippen molar-refractivity contribution in [2.75, 3.05) is 6.61 Å². The van der Waals surface area contributed by atoms with Gasteiger partial charge in [0.1, 0.15) is 5.75 Å². The fourth-order valence-corrected chi connectivity index (χ4v) is 3.78. The highest BCUT2D eigenvalue weighted by Crippen LogP contribution is 2.42. The molecule has 0 aliphatic carbocycles. The molecule has 0 saturated heterocycles. The zero-order valence-corrected chi connectivity index (χ0v) is 21.5. The highest BCUT2D eigenvalue weighted by atomic mass is 16.5. The maximum absolute atomic E-state index is 11.1. The minimum atomic E-state index is -0.960. The number of carboxylic acid groups (broad SMARTS) is 1. The molecular formula is C31H36O4. The van der Waals surface area contributed by atoms with Crippen LogP contribution in [-0.2, 0) is 5.41 Å². The van der Waals surface area contributed by atoms with Gasteiger partial charge in [-0.1, -0.05) is 88.7 Å². The highest BCUT2D eigenvalue weighted by molar-refractivity contribution is 5.87. The first-order valence-corrected chi connectivity index (χ1v) is 12.0. The Bertz CT molecular complexity index is 1180. The highest BCUT2D eigenvalue weighted by Gasteiger charge is 2.25. The molecule has 0 aliphatic rings. The quantitative estimate of drug-likeness (QED) is 0.357. The Balaban J connectivity index is 2.07. The number of hydrogen-bond donors (Lipinski definition) is 2. The van der Waals surface area contributed by atoms with Gasteiger partial charge in [0.15, 0.2) is 0 Å². The van der Waals surface area contributed by atoms with E-state index in [1.165, 1.54) is 5.56 Å². The SMILES string of the molecule is Cc1ccc(-c2cc(C(O)/C=C\c3ccc(C(=O)O)cc3)cc(C(C)(C)C)c2OCC(C)C)cc1. The summed E-state index contributed by atoms with van der Waals surface area (Å²) in [4.78, 5) is 11.1. The van der Waals surface area contributed by atoms with E-state index in [-0.39, 0.29) is 11.0 Å². The molecule has 0 saturated carbocycles. The van der Waals surface area contributed by atoms with E-state index < -0.39 is 12.1 Å². The van der Waals surface area contributed by atoms with Crippen molar-refractivity contribution in [3.63, 3.8) is 0 Å². The molecule has 0 spiro atoms. The molecule has 3 rings (SSSR count). The van der Waals surface area contributed by atoms with Gasteiger partial charge in [0.2, 0.25) is 0 Å². The van der Waals surface area contributed by atoms with Crippen molar-refractivity contribution in [3.8, 4) is 16.9 Å². The number of rotatable bonds is 8. The molecule has 4 nitrogen and oxygen atoms in total. The molecule has 2 N–H and O–H groups in total. The van der Waals surface area contributed by atoms with Gasteiger partial charge in [-0.2, -0.15) is 0 Å². The molecule has 1 unspecified atom stereocenters. The average Bonchev–Trinajstić information content (AvgIpc) is 2.80. The predicted molar refractivity (Wildman–Crippen MR) is 143 cm³/mol. The number of aliphatic hydroxyl groups excluding tert-OH is 1. The summed E-state index contributed by atoms with van der Waals surface area (Å²) in [5.41, 5.74) is 5.87. The monoisotopic (exact) mass is 472 g/mol. The van der Waals surface area contributed by atoms with E-state index in [1.807, 2.05) is 18.2 Å². The second-order valence-corrected chi connectivity index (χ2v) is 10.5. The summed E-state index contributed by atoms with van der Waals surface area (Å²) in [5, 5.41) is 20.2. The van der Waals surface area contributed by atoms with Gasteiger partial charge < -0.3 is 14.9 Å². The number of aromatic carboxylic acids is 1. The minimum Gasteiger partial charge on any atom is -0.492 e. The molecule has 0 aromatic heterocycles. The molecular weight excluding hydrogens is 436 g/mol. The Morgan fingerprint density at radius 3 is 2.17 bits per heavy atom. The molecule has 0 heterocycles. The van der Waals surface area contributed by atoms with Crippen LogP contribution in [0.1, 0.15) is 73.3 Å². The Hall–Kier alpha value is -3.37. The summed E-state index contributed by atoms with van der Waals surface area (Å²) in [6, 6.07) is 19.0. The van der Waals surface area contributed by atoms with Crippen LogP contribution >= 0.6 is 0 Å². The van der Waals surface area contributed by atoms with Gasteiger partial charge >= 0.3 is 5.97 Å². The zero-order valence-electron chi connectivity index (χ0n) is 21.5. The van der Waals surface area contributed by atoms with Crippen molar-refractivity contribution < 1.29 is 19.7 Å². The number of carboxylic acids is 1. The van der Waals surface area contributed by atoms with Crippen molar-refractivity contribution in [2.45, 2.75) is 53.1 Å². The topological polar surface area (TPSA) is 66.8 Å². The van der Waals surface area contributed by atoms with E-state index in [0.29, 0.717) is 12.5 Å². The van der Waals surface area contributed by atoms with E-state index in [9.17, 15) is 9.90 Å². The Morgan fingerprint density at radius 2 is 1.63 bits per heavy atom. The molecule has 3 aromatic carbocycles. The third-order valence-corrected chi connectivity index (χ3v) is 5.81. The predicted octanol–water partition coefficient (Wildman–Crippen LogP) is 7.44. The molecule has 0 fully saturated rings. The van der Waals surface area contributed by atoms with Crippen LogP contribution in [-0.4, -0.2) is 22.8 Å².